The maximum Gasteiger partial charge on any atom is 0.372 e. The van der Waals surface area contributed by atoms with Gasteiger partial charge in [0.05, 0.1) is 10.9 Å². The average Bonchev–Trinajstić information content (AvgIpc) is 2.68. The van der Waals surface area contributed by atoms with Crippen LogP contribution in [0.5, 0.6) is 5.75 Å². The van der Waals surface area contributed by atoms with Crippen LogP contribution in [-0.4, -0.2) is 15.5 Å². The molecule has 0 N–H and O–H groups in total. The zero-order valence-electron chi connectivity index (χ0n) is 15.3. The molecule has 1 atom stereocenters. The van der Waals surface area contributed by atoms with E-state index in [1.165, 1.54) is 11.8 Å². The van der Waals surface area contributed by atoms with Crippen molar-refractivity contribution < 1.29 is 13.9 Å². The molecule has 0 aliphatic heterocycles. The van der Waals surface area contributed by atoms with Crippen molar-refractivity contribution in [2.45, 2.75) is 38.4 Å². The lowest BCUT2D eigenvalue weighted by Gasteiger charge is -2.12. The van der Waals surface area contributed by atoms with Crippen molar-refractivity contribution in [2.75, 3.05) is 0 Å². The Balaban J connectivity index is 1.74. The van der Waals surface area contributed by atoms with Crippen molar-refractivity contribution in [1.82, 2.24) is 4.98 Å². The monoisotopic (exact) mass is 383 g/mol. The first-order valence-electron chi connectivity index (χ1n) is 8.99. The number of aromatic nitrogens is 1. The second-order valence-electron chi connectivity index (χ2n) is 6.14. The molecule has 1 heterocycles. The van der Waals surface area contributed by atoms with Crippen molar-refractivity contribution in [2.24, 2.45) is 0 Å². The molecule has 3 rings (SSSR count). The molecule has 0 aliphatic carbocycles. The quantitative estimate of drug-likeness (QED) is 0.511. The van der Waals surface area contributed by atoms with Gasteiger partial charge in [-0.05, 0) is 61.0 Å². The number of carbonyl (C=O) groups is 1. The number of thioether (sulfide) groups is 1. The van der Waals surface area contributed by atoms with Gasteiger partial charge < -0.3 is 9.15 Å². The smallest absolute Gasteiger partial charge is 0.372 e. The number of para-hydroxylation sites is 1. The maximum atomic E-state index is 12.1. The van der Waals surface area contributed by atoms with E-state index in [0.29, 0.717) is 22.2 Å². The largest absolute Gasteiger partial charge is 0.418 e. The molecule has 0 spiro atoms. The van der Waals surface area contributed by atoms with E-state index in [1.807, 2.05) is 6.07 Å². The van der Waals surface area contributed by atoms with Crippen molar-refractivity contribution >= 4 is 28.0 Å². The molecular formula is C21H21NO4S. The molecule has 0 fully saturated rings. The number of rotatable bonds is 6. The summed E-state index contributed by atoms with van der Waals surface area (Å²) in [6.07, 6.45) is 2.96. The minimum absolute atomic E-state index is 0.236. The Labute approximate surface area is 161 Å². The van der Waals surface area contributed by atoms with E-state index in [2.05, 4.69) is 18.8 Å². The normalized spacial score (nSPS) is 12.1. The van der Waals surface area contributed by atoms with Gasteiger partial charge in [0.25, 0.3) is 0 Å². The topological polar surface area (TPSA) is 69.4 Å². The standard InChI is InChI=1S/C21H21NO4S/c1-3-7-16(4-2)27-21(24)25-15-12-10-14(11-13-15)19-22-18-9-6-5-8-17(18)20(23)26-19/h5-6,8-13,16H,3-4,7H2,1-2H3. The predicted octanol–water partition coefficient (Wildman–Crippen LogP) is 5.67. The van der Waals surface area contributed by atoms with Gasteiger partial charge in [-0.1, -0.05) is 32.4 Å². The minimum Gasteiger partial charge on any atom is -0.418 e. The highest BCUT2D eigenvalue weighted by molar-refractivity contribution is 8.13. The summed E-state index contributed by atoms with van der Waals surface area (Å²) in [4.78, 5) is 28.6. The Kier molecular flexibility index (Phi) is 6.29. The molecule has 0 aliphatic rings. The van der Waals surface area contributed by atoms with E-state index in [4.69, 9.17) is 9.15 Å². The van der Waals surface area contributed by atoms with Crippen molar-refractivity contribution in [3.63, 3.8) is 0 Å². The van der Waals surface area contributed by atoms with Crippen molar-refractivity contribution in [3.8, 4) is 17.2 Å². The second-order valence-corrected chi connectivity index (χ2v) is 7.37. The van der Waals surface area contributed by atoms with Gasteiger partial charge in [-0.15, -0.1) is 0 Å². The fourth-order valence-electron chi connectivity index (χ4n) is 2.73. The summed E-state index contributed by atoms with van der Waals surface area (Å²) in [5.41, 5.74) is 0.795. The van der Waals surface area contributed by atoms with E-state index in [1.54, 1.807) is 42.5 Å². The molecule has 1 aromatic heterocycles. The number of benzene rings is 2. The predicted molar refractivity (Wildman–Crippen MR) is 108 cm³/mol. The molecule has 2 aromatic carbocycles. The van der Waals surface area contributed by atoms with Crippen LogP contribution in [0.3, 0.4) is 0 Å². The van der Waals surface area contributed by atoms with Gasteiger partial charge in [-0.3, -0.25) is 0 Å². The van der Waals surface area contributed by atoms with E-state index in [0.717, 1.165) is 19.3 Å². The zero-order chi connectivity index (χ0) is 19.2. The summed E-state index contributed by atoms with van der Waals surface area (Å²) in [7, 11) is 0. The first-order chi connectivity index (χ1) is 13.1. The molecule has 0 amide bonds. The molecule has 27 heavy (non-hydrogen) atoms. The van der Waals surface area contributed by atoms with Gasteiger partial charge >= 0.3 is 10.9 Å². The highest BCUT2D eigenvalue weighted by Crippen LogP contribution is 2.25. The van der Waals surface area contributed by atoms with Crippen LogP contribution in [0.1, 0.15) is 33.1 Å². The van der Waals surface area contributed by atoms with E-state index in [-0.39, 0.29) is 16.4 Å². The van der Waals surface area contributed by atoms with Gasteiger partial charge in [-0.2, -0.15) is 0 Å². The lowest BCUT2D eigenvalue weighted by molar-refractivity contribution is 0.227. The molecule has 6 heteroatoms. The Hall–Kier alpha value is -2.60. The van der Waals surface area contributed by atoms with Crippen LogP contribution in [-0.2, 0) is 0 Å². The Bertz CT molecular complexity index is 981. The van der Waals surface area contributed by atoms with Gasteiger partial charge in [-0.25, -0.2) is 14.6 Å². The average molecular weight is 383 g/mol. The maximum absolute atomic E-state index is 12.1. The van der Waals surface area contributed by atoms with Crippen LogP contribution in [0, 0.1) is 0 Å². The first-order valence-corrected chi connectivity index (χ1v) is 9.87. The Morgan fingerprint density at radius 3 is 2.59 bits per heavy atom. The molecule has 1 unspecified atom stereocenters. The third-order valence-corrected chi connectivity index (χ3v) is 5.34. The molecule has 0 saturated heterocycles. The second kappa shape index (κ2) is 8.86. The van der Waals surface area contributed by atoms with E-state index >= 15 is 0 Å². The van der Waals surface area contributed by atoms with Crippen LogP contribution >= 0.6 is 11.8 Å². The Morgan fingerprint density at radius 1 is 1.15 bits per heavy atom. The van der Waals surface area contributed by atoms with Gasteiger partial charge in [0.15, 0.2) is 0 Å². The molecule has 0 radical (unpaired) electrons. The summed E-state index contributed by atoms with van der Waals surface area (Å²) in [6, 6.07) is 13.8. The molecule has 5 nitrogen and oxygen atoms in total. The van der Waals surface area contributed by atoms with E-state index in [9.17, 15) is 9.59 Å². The summed E-state index contributed by atoms with van der Waals surface area (Å²) in [5.74, 6) is 0.686. The van der Waals surface area contributed by atoms with Crippen LogP contribution in [0.2, 0.25) is 0 Å². The van der Waals surface area contributed by atoms with Crippen LogP contribution in [0.15, 0.2) is 57.7 Å². The lowest BCUT2D eigenvalue weighted by atomic mass is 10.2. The first kappa shape index (κ1) is 19.2. The van der Waals surface area contributed by atoms with Gasteiger partial charge in [0.1, 0.15) is 5.75 Å². The fourth-order valence-corrected chi connectivity index (χ4v) is 3.67. The van der Waals surface area contributed by atoms with E-state index < -0.39 is 5.63 Å². The minimum atomic E-state index is -0.427. The van der Waals surface area contributed by atoms with Crippen LogP contribution < -0.4 is 10.4 Å². The fraction of sp³-hybridized carbons (Fsp3) is 0.286. The highest BCUT2D eigenvalue weighted by Gasteiger charge is 2.14. The number of hydrogen-bond donors (Lipinski definition) is 0. The van der Waals surface area contributed by atoms with Crippen molar-refractivity contribution in [1.29, 1.82) is 0 Å². The molecule has 0 saturated carbocycles. The zero-order valence-corrected chi connectivity index (χ0v) is 16.1. The SMILES string of the molecule is CCCC(CC)SC(=O)Oc1ccc(-c2nc3ccccc3c(=O)o2)cc1. The molecular weight excluding hydrogens is 362 g/mol. The molecule has 140 valence electrons. The number of carbonyl (C=O) groups excluding carboxylic acids is 1. The third kappa shape index (κ3) is 4.77. The molecule has 0 bridgehead atoms. The third-order valence-electron chi connectivity index (χ3n) is 4.17. The number of fused-ring (bicyclic) bond motifs is 1. The van der Waals surface area contributed by atoms with Crippen molar-refractivity contribution in [3.05, 3.63) is 59.0 Å². The number of ether oxygens (including phenoxy) is 1. The summed E-state index contributed by atoms with van der Waals surface area (Å²) in [5, 5.41) is 0.414. The highest BCUT2D eigenvalue weighted by atomic mass is 32.2. The summed E-state index contributed by atoms with van der Waals surface area (Å²) >= 11 is 1.23. The van der Waals surface area contributed by atoms with Crippen LogP contribution in [0.25, 0.3) is 22.4 Å². The van der Waals surface area contributed by atoms with Gasteiger partial charge in [0, 0.05) is 10.8 Å². The van der Waals surface area contributed by atoms with Gasteiger partial charge in [0.2, 0.25) is 5.89 Å². The summed E-state index contributed by atoms with van der Waals surface area (Å²) in [6.45, 7) is 4.17. The number of nitrogens with zero attached hydrogens (tertiary/aromatic N) is 1. The lowest BCUT2D eigenvalue weighted by Crippen LogP contribution is -2.09. The Morgan fingerprint density at radius 2 is 1.89 bits per heavy atom. The molecule has 3 aromatic rings. The van der Waals surface area contributed by atoms with Crippen LogP contribution in [0.4, 0.5) is 4.79 Å². The summed E-state index contributed by atoms with van der Waals surface area (Å²) < 4.78 is 10.7. The number of hydrogen-bond acceptors (Lipinski definition) is 6.